The summed E-state index contributed by atoms with van der Waals surface area (Å²) < 4.78 is 5.33. The fourth-order valence-corrected chi connectivity index (χ4v) is 2.36. The predicted molar refractivity (Wildman–Crippen MR) is 84.0 cm³/mol. The molecule has 0 saturated carbocycles. The van der Waals surface area contributed by atoms with Crippen LogP contribution in [0, 0.1) is 0 Å². The normalized spacial score (nSPS) is 10.2. The first-order valence-corrected chi connectivity index (χ1v) is 7.00. The molecule has 0 saturated heterocycles. The van der Waals surface area contributed by atoms with E-state index >= 15 is 0 Å². The van der Waals surface area contributed by atoms with Crippen LogP contribution in [0.2, 0.25) is 0 Å². The van der Waals surface area contributed by atoms with Gasteiger partial charge in [0.15, 0.2) is 5.78 Å². The van der Waals surface area contributed by atoms with E-state index in [0.29, 0.717) is 17.9 Å². The number of hydrogen-bond donors (Lipinski definition) is 0. The molecule has 0 spiro atoms. The Hall–Kier alpha value is -2.36. The number of hydrogen-bond acceptors (Lipinski definition) is 4. The third-order valence-electron chi connectivity index (χ3n) is 3.38. The van der Waals surface area contributed by atoms with Crippen LogP contribution in [0.15, 0.2) is 42.6 Å². The number of pyridine rings is 1. The summed E-state index contributed by atoms with van der Waals surface area (Å²) in [7, 11) is 1.58. The summed E-state index contributed by atoms with van der Waals surface area (Å²) in [6.45, 7) is 5.07. The summed E-state index contributed by atoms with van der Waals surface area (Å²) in [6, 6.07) is 11.5. The fraction of sp³-hybridized carbons (Fsp3) is 0.294. The molecular weight excluding hydrogens is 264 g/mol. The van der Waals surface area contributed by atoms with E-state index in [1.54, 1.807) is 20.2 Å². The molecule has 4 nitrogen and oxygen atoms in total. The van der Waals surface area contributed by atoms with Gasteiger partial charge in [0.25, 0.3) is 0 Å². The van der Waals surface area contributed by atoms with E-state index < -0.39 is 0 Å². The van der Waals surface area contributed by atoms with E-state index in [-0.39, 0.29) is 5.78 Å². The van der Waals surface area contributed by atoms with Crippen molar-refractivity contribution in [3.8, 4) is 5.75 Å². The highest BCUT2D eigenvalue weighted by atomic mass is 16.5. The minimum atomic E-state index is 0.00178. The summed E-state index contributed by atoms with van der Waals surface area (Å²) in [5.41, 5.74) is 2.48. The van der Waals surface area contributed by atoms with E-state index in [9.17, 15) is 4.79 Å². The molecule has 1 aromatic carbocycles. The molecule has 2 rings (SSSR count). The Morgan fingerprint density at radius 1 is 1.24 bits per heavy atom. The lowest BCUT2D eigenvalue weighted by Crippen LogP contribution is -2.24. The lowest BCUT2D eigenvalue weighted by Gasteiger charge is -2.25. The highest BCUT2D eigenvalue weighted by molar-refractivity contribution is 6.02. The molecule has 0 unspecified atom stereocenters. The first kappa shape index (κ1) is 15.0. The molecule has 0 aliphatic rings. The van der Waals surface area contributed by atoms with Crippen molar-refractivity contribution < 1.29 is 9.53 Å². The second kappa shape index (κ2) is 6.88. The maximum atomic E-state index is 12.0. The Morgan fingerprint density at radius 2 is 2.05 bits per heavy atom. The number of rotatable bonds is 6. The molecule has 0 atom stereocenters. The second-order valence-corrected chi connectivity index (χ2v) is 4.75. The van der Waals surface area contributed by atoms with Gasteiger partial charge in [0, 0.05) is 12.7 Å². The van der Waals surface area contributed by atoms with Gasteiger partial charge in [-0.05, 0) is 38.1 Å². The van der Waals surface area contributed by atoms with Gasteiger partial charge in [0.2, 0.25) is 0 Å². The monoisotopic (exact) mass is 284 g/mol. The smallest absolute Gasteiger partial charge is 0.165 e. The molecule has 0 aliphatic carbocycles. The zero-order chi connectivity index (χ0) is 15.2. The number of aromatic nitrogens is 1. The number of ketones is 1. The second-order valence-electron chi connectivity index (χ2n) is 4.75. The molecule has 4 heteroatoms. The number of methoxy groups -OCH3 is 1. The Morgan fingerprint density at radius 3 is 2.62 bits per heavy atom. The number of ether oxygens (including phenoxy) is 1. The van der Waals surface area contributed by atoms with Crippen molar-refractivity contribution in [1.82, 2.24) is 4.98 Å². The zero-order valence-corrected chi connectivity index (χ0v) is 12.7. The van der Waals surface area contributed by atoms with E-state index in [0.717, 1.165) is 17.9 Å². The number of benzene rings is 1. The highest BCUT2D eigenvalue weighted by Gasteiger charge is 2.18. The molecule has 1 heterocycles. The van der Waals surface area contributed by atoms with Crippen LogP contribution in [-0.2, 0) is 6.54 Å². The average Bonchev–Trinajstić information content (AvgIpc) is 2.52. The highest BCUT2D eigenvalue weighted by Crippen LogP contribution is 2.30. The van der Waals surface area contributed by atoms with E-state index in [4.69, 9.17) is 4.74 Å². The van der Waals surface area contributed by atoms with Crippen LogP contribution in [0.25, 0.3) is 0 Å². The molecule has 0 bridgehead atoms. The van der Waals surface area contributed by atoms with Gasteiger partial charge in [-0.25, -0.2) is 0 Å². The van der Waals surface area contributed by atoms with Crippen molar-refractivity contribution >= 4 is 11.5 Å². The molecule has 0 amide bonds. The lowest BCUT2D eigenvalue weighted by molar-refractivity contribution is 0.101. The summed E-state index contributed by atoms with van der Waals surface area (Å²) in [4.78, 5) is 18.5. The number of Topliss-reactive ketones (excluding diaryl/α,β-unsaturated/α-hetero) is 1. The van der Waals surface area contributed by atoms with Crippen LogP contribution in [-0.4, -0.2) is 24.4 Å². The predicted octanol–water partition coefficient (Wildman–Crippen LogP) is 3.32. The number of nitrogens with zero attached hydrogens (tertiary/aromatic N) is 2. The summed E-state index contributed by atoms with van der Waals surface area (Å²) in [5.74, 6) is 0.612. The van der Waals surface area contributed by atoms with Crippen LogP contribution < -0.4 is 9.64 Å². The maximum Gasteiger partial charge on any atom is 0.165 e. The SMILES string of the molecule is CCN(Cc1ccccn1)c1cccc(OC)c1C(C)=O. The van der Waals surface area contributed by atoms with Gasteiger partial charge in [-0.1, -0.05) is 12.1 Å². The molecule has 0 N–H and O–H groups in total. The van der Waals surface area contributed by atoms with Crippen molar-refractivity contribution in [2.75, 3.05) is 18.6 Å². The lowest BCUT2D eigenvalue weighted by atomic mass is 10.1. The van der Waals surface area contributed by atoms with Crippen molar-refractivity contribution in [2.45, 2.75) is 20.4 Å². The van der Waals surface area contributed by atoms with Gasteiger partial charge in [0.1, 0.15) is 5.75 Å². The number of carbonyl (C=O) groups is 1. The van der Waals surface area contributed by atoms with E-state index in [2.05, 4.69) is 16.8 Å². The van der Waals surface area contributed by atoms with Crippen molar-refractivity contribution in [2.24, 2.45) is 0 Å². The maximum absolute atomic E-state index is 12.0. The van der Waals surface area contributed by atoms with Gasteiger partial charge in [-0.2, -0.15) is 0 Å². The van der Waals surface area contributed by atoms with Gasteiger partial charge in [-0.15, -0.1) is 0 Å². The molecule has 0 aliphatic heterocycles. The topological polar surface area (TPSA) is 42.4 Å². The first-order valence-electron chi connectivity index (χ1n) is 7.00. The standard InChI is InChI=1S/C17H20N2O2/c1-4-19(12-14-8-5-6-11-18-14)15-9-7-10-16(21-3)17(15)13(2)20/h5-11H,4,12H2,1-3H3. The number of carbonyl (C=O) groups excluding carboxylic acids is 1. The van der Waals surface area contributed by atoms with E-state index in [1.165, 1.54) is 0 Å². The van der Waals surface area contributed by atoms with Crippen molar-refractivity contribution in [3.63, 3.8) is 0 Å². The molecule has 110 valence electrons. The van der Waals surface area contributed by atoms with Crippen LogP contribution >= 0.6 is 0 Å². The quantitative estimate of drug-likeness (QED) is 0.763. The summed E-state index contributed by atoms with van der Waals surface area (Å²) >= 11 is 0. The van der Waals surface area contributed by atoms with Crippen LogP contribution in [0.1, 0.15) is 29.9 Å². The Kier molecular flexibility index (Phi) is 4.93. The molecule has 2 aromatic rings. The third-order valence-corrected chi connectivity index (χ3v) is 3.38. The van der Waals surface area contributed by atoms with Gasteiger partial charge in [-0.3, -0.25) is 9.78 Å². The Balaban J connectivity index is 2.40. The van der Waals surface area contributed by atoms with Gasteiger partial charge in [0.05, 0.1) is 30.6 Å². The van der Waals surface area contributed by atoms with Gasteiger partial charge >= 0.3 is 0 Å². The fourth-order valence-electron chi connectivity index (χ4n) is 2.36. The molecule has 0 radical (unpaired) electrons. The molecule has 1 aromatic heterocycles. The Bertz CT molecular complexity index is 611. The third kappa shape index (κ3) is 3.40. The van der Waals surface area contributed by atoms with E-state index in [1.807, 2.05) is 36.4 Å². The minimum Gasteiger partial charge on any atom is -0.496 e. The summed E-state index contributed by atoms with van der Waals surface area (Å²) in [6.07, 6.45) is 1.78. The zero-order valence-electron chi connectivity index (χ0n) is 12.7. The molecular formula is C17H20N2O2. The molecule has 0 fully saturated rings. The Labute approximate surface area is 125 Å². The molecule has 21 heavy (non-hydrogen) atoms. The number of anilines is 1. The largest absolute Gasteiger partial charge is 0.496 e. The van der Waals surface area contributed by atoms with Gasteiger partial charge < -0.3 is 9.64 Å². The first-order chi connectivity index (χ1) is 10.2. The average molecular weight is 284 g/mol. The van der Waals surface area contributed by atoms with Crippen LogP contribution in [0.3, 0.4) is 0 Å². The van der Waals surface area contributed by atoms with Crippen LogP contribution in [0.5, 0.6) is 5.75 Å². The summed E-state index contributed by atoms with van der Waals surface area (Å²) in [5, 5.41) is 0. The van der Waals surface area contributed by atoms with Crippen molar-refractivity contribution in [1.29, 1.82) is 0 Å². The van der Waals surface area contributed by atoms with Crippen LogP contribution in [0.4, 0.5) is 5.69 Å². The minimum absolute atomic E-state index is 0.00178. The van der Waals surface area contributed by atoms with Crippen molar-refractivity contribution in [3.05, 3.63) is 53.9 Å².